The van der Waals surface area contributed by atoms with Gasteiger partial charge in [-0.1, -0.05) is 52.0 Å². The Hall–Kier alpha value is -2.91. The summed E-state index contributed by atoms with van der Waals surface area (Å²) >= 11 is 4.46. The third kappa shape index (κ3) is 5.37. The molecule has 0 aliphatic rings. The molecule has 1 amide bonds. The average Bonchev–Trinajstić information content (AvgIpc) is 2.71. The molecule has 2 N–H and O–H groups in total. The van der Waals surface area contributed by atoms with Gasteiger partial charge in [-0.3, -0.25) is 14.2 Å². The summed E-state index contributed by atoms with van der Waals surface area (Å²) in [7, 11) is 0. The fourth-order valence-electron chi connectivity index (χ4n) is 2.63. The monoisotopic (exact) mass is 486 g/mol. The van der Waals surface area contributed by atoms with Crippen LogP contribution < -0.4 is 11.0 Å². The van der Waals surface area contributed by atoms with Gasteiger partial charge in [0.2, 0.25) is 0 Å². The number of para-hydroxylation sites is 1. The topological polar surface area (TPSA) is 96.6 Å². The van der Waals surface area contributed by atoms with Crippen LogP contribution in [0.2, 0.25) is 0 Å². The third-order valence-corrected chi connectivity index (χ3v) is 5.44. The number of carbonyl (C=O) groups is 1. The number of halogens is 1. The lowest BCUT2D eigenvalue weighted by molar-refractivity contribution is -0.118. The van der Waals surface area contributed by atoms with Crippen molar-refractivity contribution in [1.29, 1.82) is 0 Å². The number of hydrazone groups is 1. The number of phenolic OH excluding ortho intramolecular Hbond substituents is 1. The highest BCUT2D eigenvalue weighted by molar-refractivity contribution is 9.10. The van der Waals surface area contributed by atoms with E-state index < -0.39 is 0 Å². The third-order valence-electron chi connectivity index (χ3n) is 3.97. The van der Waals surface area contributed by atoms with Gasteiger partial charge < -0.3 is 5.11 Å². The first-order valence-electron chi connectivity index (χ1n) is 8.92. The molecule has 9 heteroatoms. The first-order chi connectivity index (χ1) is 14.3. The number of nitrogens with one attached hydrogen (secondary N) is 1. The van der Waals surface area contributed by atoms with Gasteiger partial charge in [0.05, 0.1) is 22.9 Å². The second kappa shape index (κ2) is 9.73. The molecule has 0 fully saturated rings. The molecular formula is C21H19BrN4O3S. The molecule has 154 valence electrons. The van der Waals surface area contributed by atoms with Crippen LogP contribution >= 0.6 is 27.7 Å². The van der Waals surface area contributed by atoms with Crippen LogP contribution in [0.1, 0.15) is 12.5 Å². The van der Waals surface area contributed by atoms with Gasteiger partial charge >= 0.3 is 0 Å². The second-order valence-electron chi connectivity index (χ2n) is 6.54. The standard InChI is InChI=1S/C21H19BrN4O3S/c1-13(2)11-26-20(29)16-5-3-4-6-17(16)24-21(26)30-12-19(28)25-23-10-14-9-15(22)7-8-18(14)27/h3-10,27H,1,11-12H2,2H3,(H,25,28)/b23-10-. The fraction of sp³-hybridized carbons (Fsp3) is 0.143. The summed E-state index contributed by atoms with van der Waals surface area (Å²) in [6, 6.07) is 12.0. The van der Waals surface area contributed by atoms with Gasteiger partial charge in [-0.25, -0.2) is 10.4 Å². The fourth-order valence-corrected chi connectivity index (χ4v) is 3.80. The summed E-state index contributed by atoms with van der Waals surface area (Å²) in [5.74, 6) is -0.298. The first-order valence-corrected chi connectivity index (χ1v) is 10.7. The van der Waals surface area contributed by atoms with E-state index in [1.807, 2.05) is 13.0 Å². The molecule has 0 bridgehead atoms. The van der Waals surface area contributed by atoms with Crippen molar-refractivity contribution in [2.45, 2.75) is 18.6 Å². The number of nitrogens with zero attached hydrogens (tertiary/aromatic N) is 3. The van der Waals surface area contributed by atoms with E-state index in [0.717, 1.165) is 21.8 Å². The molecule has 1 aromatic heterocycles. The number of allylic oxidation sites excluding steroid dienone is 1. The highest BCUT2D eigenvalue weighted by Crippen LogP contribution is 2.20. The van der Waals surface area contributed by atoms with Crippen LogP contribution in [0, 0.1) is 0 Å². The maximum absolute atomic E-state index is 12.8. The molecule has 0 spiro atoms. The Morgan fingerprint density at radius 1 is 1.37 bits per heavy atom. The number of aromatic hydroxyl groups is 1. The number of rotatable bonds is 7. The van der Waals surface area contributed by atoms with E-state index in [1.54, 1.807) is 30.3 Å². The lowest BCUT2D eigenvalue weighted by Crippen LogP contribution is -2.25. The van der Waals surface area contributed by atoms with Gasteiger partial charge in [0, 0.05) is 16.6 Å². The van der Waals surface area contributed by atoms with E-state index in [0.29, 0.717) is 28.2 Å². The van der Waals surface area contributed by atoms with Crippen molar-refractivity contribution in [3.05, 3.63) is 75.0 Å². The number of amides is 1. The predicted molar refractivity (Wildman–Crippen MR) is 123 cm³/mol. The number of hydrogen-bond acceptors (Lipinski definition) is 6. The molecule has 1 heterocycles. The number of benzene rings is 2. The molecule has 0 radical (unpaired) electrons. The SMILES string of the molecule is C=C(C)Cn1c(SCC(=O)N/N=C\c2cc(Br)ccc2O)nc2ccccc2c1=O. The van der Waals surface area contributed by atoms with E-state index in [4.69, 9.17) is 0 Å². The van der Waals surface area contributed by atoms with Crippen LogP contribution in [0.3, 0.4) is 0 Å². The van der Waals surface area contributed by atoms with E-state index >= 15 is 0 Å². The number of carbonyl (C=O) groups excluding carboxylic acids is 1. The number of hydrogen-bond donors (Lipinski definition) is 2. The quantitative estimate of drug-likeness (QED) is 0.174. The molecule has 0 atom stereocenters. The minimum atomic E-state index is -0.366. The Balaban J connectivity index is 1.73. The zero-order valence-corrected chi connectivity index (χ0v) is 18.5. The number of fused-ring (bicyclic) bond motifs is 1. The van der Waals surface area contributed by atoms with Crippen LogP contribution in [0.5, 0.6) is 5.75 Å². The van der Waals surface area contributed by atoms with Crippen LogP contribution in [0.4, 0.5) is 0 Å². The summed E-state index contributed by atoms with van der Waals surface area (Å²) in [4.78, 5) is 29.6. The Kier molecular flexibility index (Phi) is 7.07. The van der Waals surface area contributed by atoms with Crippen molar-refractivity contribution in [2.75, 3.05) is 5.75 Å². The summed E-state index contributed by atoms with van der Waals surface area (Å²) in [6.45, 7) is 6.02. The van der Waals surface area contributed by atoms with Gasteiger partial charge in [0.15, 0.2) is 5.16 Å². The van der Waals surface area contributed by atoms with Gasteiger partial charge in [0.25, 0.3) is 11.5 Å². The predicted octanol–water partition coefficient (Wildman–Crippen LogP) is 3.68. The van der Waals surface area contributed by atoms with Crippen LogP contribution in [0.25, 0.3) is 10.9 Å². The Morgan fingerprint density at radius 3 is 2.90 bits per heavy atom. The molecule has 0 aliphatic heterocycles. The molecule has 0 unspecified atom stereocenters. The maximum Gasteiger partial charge on any atom is 0.262 e. The summed E-state index contributed by atoms with van der Waals surface area (Å²) in [5, 5.41) is 14.6. The highest BCUT2D eigenvalue weighted by atomic mass is 79.9. The van der Waals surface area contributed by atoms with Crippen molar-refractivity contribution >= 4 is 50.7 Å². The minimum absolute atomic E-state index is 0.0166. The van der Waals surface area contributed by atoms with Crippen molar-refractivity contribution in [1.82, 2.24) is 15.0 Å². The van der Waals surface area contributed by atoms with E-state index in [-0.39, 0.29) is 23.0 Å². The van der Waals surface area contributed by atoms with Crippen molar-refractivity contribution in [3.63, 3.8) is 0 Å². The van der Waals surface area contributed by atoms with Crippen molar-refractivity contribution in [2.24, 2.45) is 5.10 Å². The Labute approximate surface area is 185 Å². The molecule has 0 saturated carbocycles. The zero-order valence-electron chi connectivity index (χ0n) is 16.1. The molecule has 0 saturated heterocycles. The first kappa shape index (κ1) is 21.8. The normalized spacial score (nSPS) is 11.1. The van der Waals surface area contributed by atoms with Gasteiger partial charge in [-0.15, -0.1) is 0 Å². The Morgan fingerprint density at radius 2 is 2.13 bits per heavy atom. The second-order valence-corrected chi connectivity index (χ2v) is 8.40. The van der Waals surface area contributed by atoms with E-state index in [9.17, 15) is 14.7 Å². The smallest absolute Gasteiger partial charge is 0.262 e. The van der Waals surface area contributed by atoms with Gasteiger partial charge in [-0.05, 0) is 37.3 Å². The minimum Gasteiger partial charge on any atom is -0.507 e. The lowest BCUT2D eigenvalue weighted by Gasteiger charge is -2.12. The van der Waals surface area contributed by atoms with Crippen LogP contribution in [-0.4, -0.2) is 32.5 Å². The van der Waals surface area contributed by atoms with Crippen molar-refractivity contribution < 1.29 is 9.90 Å². The number of thioether (sulfide) groups is 1. The summed E-state index contributed by atoms with van der Waals surface area (Å²) in [5.41, 5.74) is 4.08. The maximum atomic E-state index is 12.8. The molecule has 30 heavy (non-hydrogen) atoms. The molecule has 0 aliphatic carbocycles. The molecule has 2 aromatic carbocycles. The van der Waals surface area contributed by atoms with Crippen molar-refractivity contribution in [3.8, 4) is 5.75 Å². The molecular weight excluding hydrogens is 468 g/mol. The average molecular weight is 487 g/mol. The van der Waals surface area contributed by atoms with Gasteiger partial charge in [-0.2, -0.15) is 5.10 Å². The number of aromatic nitrogens is 2. The molecule has 3 rings (SSSR count). The molecule has 3 aromatic rings. The summed E-state index contributed by atoms with van der Waals surface area (Å²) < 4.78 is 2.30. The van der Waals surface area contributed by atoms with E-state index in [2.05, 4.69) is 38.0 Å². The Bertz CT molecular complexity index is 1210. The van der Waals surface area contributed by atoms with Gasteiger partial charge in [0.1, 0.15) is 5.75 Å². The molecule has 7 nitrogen and oxygen atoms in total. The largest absolute Gasteiger partial charge is 0.507 e. The zero-order chi connectivity index (χ0) is 21.7. The number of phenols is 1. The highest BCUT2D eigenvalue weighted by Gasteiger charge is 2.13. The van der Waals surface area contributed by atoms with Crippen LogP contribution in [-0.2, 0) is 11.3 Å². The lowest BCUT2D eigenvalue weighted by atomic mass is 10.2. The summed E-state index contributed by atoms with van der Waals surface area (Å²) in [6.07, 6.45) is 1.36. The van der Waals surface area contributed by atoms with Crippen LogP contribution in [0.15, 0.2) is 74.1 Å². The van der Waals surface area contributed by atoms with E-state index in [1.165, 1.54) is 16.8 Å².